The molecule has 0 radical (unpaired) electrons. The van der Waals surface area contributed by atoms with E-state index in [1.807, 2.05) is 18.2 Å². The minimum absolute atomic E-state index is 0.311. The van der Waals surface area contributed by atoms with E-state index in [9.17, 15) is 4.39 Å². The number of rotatable bonds is 3. The van der Waals surface area contributed by atoms with Gasteiger partial charge in [0.2, 0.25) is 0 Å². The van der Waals surface area contributed by atoms with Gasteiger partial charge >= 0.3 is 0 Å². The van der Waals surface area contributed by atoms with Crippen molar-refractivity contribution in [3.8, 4) is 11.3 Å². The summed E-state index contributed by atoms with van der Waals surface area (Å²) >= 11 is 0. The van der Waals surface area contributed by atoms with Crippen LogP contribution in [0.4, 0.5) is 16.1 Å². The van der Waals surface area contributed by atoms with Gasteiger partial charge in [0.05, 0.1) is 17.9 Å². The maximum atomic E-state index is 13.2. The van der Waals surface area contributed by atoms with Gasteiger partial charge in [-0.05, 0) is 30.3 Å². The summed E-state index contributed by atoms with van der Waals surface area (Å²) in [6.45, 7) is 0. The molecule has 4 aromatic rings. The van der Waals surface area contributed by atoms with Crippen molar-refractivity contribution in [2.45, 2.75) is 0 Å². The lowest BCUT2D eigenvalue weighted by Gasteiger charge is -2.01. The van der Waals surface area contributed by atoms with E-state index in [1.165, 1.54) is 12.1 Å². The van der Waals surface area contributed by atoms with Gasteiger partial charge in [0.1, 0.15) is 5.82 Å². The minimum atomic E-state index is -0.311. The largest absolute Gasteiger partial charge is 0.423 e. The number of aromatic amines is 1. The second kappa shape index (κ2) is 5.00. The molecule has 0 aliphatic carbocycles. The van der Waals surface area contributed by atoms with Crippen molar-refractivity contribution < 1.29 is 8.81 Å². The quantitative estimate of drug-likeness (QED) is 0.597. The lowest BCUT2D eigenvalue weighted by Crippen LogP contribution is -1.89. The normalized spacial score (nSPS) is 11.0. The maximum Gasteiger partial charge on any atom is 0.299 e. The molecule has 0 bridgehead atoms. The third-order valence-corrected chi connectivity index (χ3v) is 3.31. The van der Waals surface area contributed by atoms with Gasteiger partial charge in [-0.2, -0.15) is 5.10 Å². The number of oxazole rings is 1. The molecule has 2 heterocycles. The van der Waals surface area contributed by atoms with Crippen molar-refractivity contribution in [3.05, 3.63) is 60.7 Å². The van der Waals surface area contributed by atoms with Gasteiger partial charge < -0.3 is 9.73 Å². The fourth-order valence-electron chi connectivity index (χ4n) is 2.25. The molecule has 0 aliphatic heterocycles. The lowest BCUT2D eigenvalue weighted by molar-refractivity contribution is 0.589. The Bertz CT molecular complexity index is 944. The Morgan fingerprint density at radius 2 is 2.05 bits per heavy atom. The fraction of sp³-hybridized carbons (Fsp3) is 0. The number of nitrogens with one attached hydrogen (secondary N) is 2. The first-order valence-corrected chi connectivity index (χ1v) is 6.70. The standard InChI is InChI=1S/C16H11FN4O/c17-12-3-1-2-10(6-12)15-9-18-16(22-15)20-13-4-5-14-11(7-13)8-19-21-14/h1-9H,(H,18,20)(H,19,21). The number of nitrogens with zero attached hydrogens (tertiary/aromatic N) is 2. The van der Waals surface area contributed by atoms with Gasteiger partial charge in [-0.15, -0.1) is 0 Å². The molecular weight excluding hydrogens is 283 g/mol. The molecule has 22 heavy (non-hydrogen) atoms. The molecule has 6 heteroatoms. The number of anilines is 2. The maximum absolute atomic E-state index is 13.2. The number of hydrogen-bond donors (Lipinski definition) is 2. The van der Waals surface area contributed by atoms with Crippen molar-refractivity contribution in [2.24, 2.45) is 0 Å². The first-order valence-electron chi connectivity index (χ1n) is 6.70. The zero-order chi connectivity index (χ0) is 14.9. The molecule has 2 N–H and O–H groups in total. The molecule has 0 aliphatic rings. The summed E-state index contributed by atoms with van der Waals surface area (Å²) in [5.41, 5.74) is 2.44. The van der Waals surface area contributed by atoms with Crippen LogP contribution in [0.1, 0.15) is 0 Å². The van der Waals surface area contributed by atoms with E-state index in [0.29, 0.717) is 17.3 Å². The Labute approximate surface area is 124 Å². The van der Waals surface area contributed by atoms with Gasteiger partial charge in [0.15, 0.2) is 5.76 Å². The van der Waals surface area contributed by atoms with Crippen LogP contribution >= 0.6 is 0 Å². The Balaban J connectivity index is 1.61. The van der Waals surface area contributed by atoms with Gasteiger partial charge in [-0.3, -0.25) is 5.10 Å². The summed E-state index contributed by atoms with van der Waals surface area (Å²) in [6.07, 6.45) is 3.31. The van der Waals surface area contributed by atoms with Crippen molar-refractivity contribution in [1.82, 2.24) is 15.2 Å². The number of hydrogen-bond acceptors (Lipinski definition) is 4. The highest BCUT2D eigenvalue weighted by Crippen LogP contribution is 2.26. The predicted octanol–water partition coefficient (Wildman–Crippen LogP) is 4.10. The molecule has 0 saturated carbocycles. The molecule has 2 aromatic carbocycles. The van der Waals surface area contributed by atoms with Crippen molar-refractivity contribution >= 4 is 22.6 Å². The summed E-state index contributed by atoms with van der Waals surface area (Å²) in [5, 5.41) is 10.9. The van der Waals surface area contributed by atoms with Gasteiger partial charge in [0.25, 0.3) is 6.01 Å². The van der Waals surface area contributed by atoms with Crippen LogP contribution in [0.25, 0.3) is 22.2 Å². The number of benzene rings is 2. The van der Waals surface area contributed by atoms with Gasteiger partial charge in [0, 0.05) is 16.6 Å². The Hall–Kier alpha value is -3.15. The highest BCUT2D eigenvalue weighted by Gasteiger charge is 2.08. The van der Waals surface area contributed by atoms with Crippen molar-refractivity contribution in [2.75, 3.05) is 5.32 Å². The van der Waals surface area contributed by atoms with E-state index in [4.69, 9.17) is 4.42 Å². The van der Waals surface area contributed by atoms with Crippen LogP contribution in [-0.4, -0.2) is 15.2 Å². The third-order valence-electron chi connectivity index (χ3n) is 3.31. The molecule has 0 amide bonds. The summed E-state index contributed by atoms with van der Waals surface area (Å²) < 4.78 is 18.8. The van der Waals surface area contributed by atoms with E-state index in [2.05, 4.69) is 20.5 Å². The Morgan fingerprint density at radius 1 is 1.09 bits per heavy atom. The van der Waals surface area contributed by atoms with Crippen LogP contribution in [0.5, 0.6) is 0 Å². The minimum Gasteiger partial charge on any atom is -0.423 e. The Morgan fingerprint density at radius 3 is 2.95 bits per heavy atom. The highest BCUT2D eigenvalue weighted by atomic mass is 19.1. The number of aromatic nitrogens is 3. The number of halogens is 1. The molecule has 0 spiro atoms. The Kier molecular flexibility index (Phi) is 2.86. The molecular formula is C16H11FN4O. The van der Waals surface area contributed by atoms with E-state index >= 15 is 0 Å². The highest BCUT2D eigenvalue weighted by molar-refractivity contribution is 5.82. The summed E-state index contributed by atoms with van der Waals surface area (Å²) in [7, 11) is 0. The molecule has 0 unspecified atom stereocenters. The molecule has 0 saturated heterocycles. The number of fused-ring (bicyclic) bond motifs is 1. The summed E-state index contributed by atoms with van der Waals surface area (Å²) in [4.78, 5) is 4.16. The zero-order valence-corrected chi connectivity index (χ0v) is 11.4. The van der Waals surface area contributed by atoms with E-state index in [0.717, 1.165) is 16.6 Å². The van der Waals surface area contributed by atoms with Crippen LogP contribution < -0.4 is 5.32 Å². The van der Waals surface area contributed by atoms with E-state index in [1.54, 1.807) is 24.5 Å². The molecule has 5 nitrogen and oxygen atoms in total. The summed E-state index contributed by atoms with van der Waals surface area (Å²) in [6, 6.07) is 12.3. The average Bonchev–Trinajstić information content (AvgIpc) is 3.16. The first-order chi connectivity index (χ1) is 10.8. The van der Waals surface area contributed by atoms with E-state index in [-0.39, 0.29) is 5.82 Å². The van der Waals surface area contributed by atoms with Gasteiger partial charge in [-0.25, -0.2) is 9.37 Å². The fourth-order valence-corrected chi connectivity index (χ4v) is 2.25. The molecule has 4 rings (SSSR count). The van der Waals surface area contributed by atoms with Crippen molar-refractivity contribution in [1.29, 1.82) is 0 Å². The van der Waals surface area contributed by atoms with Crippen LogP contribution in [0.2, 0.25) is 0 Å². The third kappa shape index (κ3) is 2.31. The van der Waals surface area contributed by atoms with Gasteiger partial charge in [-0.1, -0.05) is 12.1 Å². The van der Waals surface area contributed by atoms with Crippen LogP contribution in [0, 0.1) is 5.82 Å². The summed E-state index contributed by atoms with van der Waals surface area (Å²) in [5.74, 6) is 0.195. The van der Waals surface area contributed by atoms with Crippen LogP contribution in [0.15, 0.2) is 59.3 Å². The predicted molar refractivity (Wildman–Crippen MR) is 81.3 cm³/mol. The molecule has 2 aromatic heterocycles. The monoisotopic (exact) mass is 294 g/mol. The van der Waals surface area contributed by atoms with Crippen LogP contribution in [0.3, 0.4) is 0 Å². The van der Waals surface area contributed by atoms with Crippen molar-refractivity contribution in [3.63, 3.8) is 0 Å². The topological polar surface area (TPSA) is 66.7 Å². The SMILES string of the molecule is Fc1cccc(-c2cnc(Nc3ccc4[nH]ncc4c3)o2)c1. The smallest absolute Gasteiger partial charge is 0.299 e. The zero-order valence-electron chi connectivity index (χ0n) is 11.4. The van der Waals surface area contributed by atoms with E-state index < -0.39 is 0 Å². The van der Waals surface area contributed by atoms with Crippen LogP contribution in [-0.2, 0) is 0 Å². The first kappa shape index (κ1) is 12.6. The number of H-pyrrole nitrogens is 1. The average molecular weight is 294 g/mol. The molecule has 108 valence electrons. The molecule has 0 atom stereocenters. The molecule has 0 fully saturated rings. The lowest BCUT2D eigenvalue weighted by atomic mass is 10.2. The second-order valence-corrected chi connectivity index (χ2v) is 4.84. The second-order valence-electron chi connectivity index (χ2n) is 4.84.